The van der Waals surface area contributed by atoms with Crippen molar-refractivity contribution in [1.29, 1.82) is 0 Å². The van der Waals surface area contributed by atoms with E-state index in [1.165, 1.54) is 6.21 Å². The summed E-state index contributed by atoms with van der Waals surface area (Å²) >= 11 is 0. The van der Waals surface area contributed by atoms with Crippen LogP contribution in [0.5, 0.6) is 0 Å². The summed E-state index contributed by atoms with van der Waals surface area (Å²) in [5.41, 5.74) is -0.589. The van der Waals surface area contributed by atoms with Gasteiger partial charge in [-0.1, -0.05) is 13.8 Å². The van der Waals surface area contributed by atoms with Crippen molar-refractivity contribution in [2.45, 2.75) is 53.1 Å². The zero-order valence-electron chi connectivity index (χ0n) is 11.8. The van der Waals surface area contributed by atoms with E-state index in [4.69, 9.17) is 9.84 Å². The van der Waals surface area contributed by atoms with Crippen molar-refractivity contribution < 1.29 is 19.4 Å². The number of nitrogens with zero attached hydrogens (tertiary/aromatic N) is 1. The number of amides is 1. The monoisotopic (exact) mass is 257 g/mol. The summed E-state index contributed by atoms with van der Waals surface area (Å²) in [6.07, 6.45) is 1.37. The van der Waals surface area contributed by atoms with E-state index in [9.17, 15) is 9.59 Å². The van der Waals surface area contributed by atoms with Crippen molar-refractivity contribution in [1.82, 2.24) is 0 Å². The van der Waals surface area contributed by atoms with E-state index in [1.54, 1.807) is 20.8 Å². The van der Waals surface area contributed by atoms with Gasteiger partial charge in [0, 0.05) is 12.1 Å². The van der Waals surface area contributed by atoms with Crippen LogP contribution in [0.3, 0.4) is 0 Å². The van der Waals surface area contributed by atoms with Gasteiger partial charge in [-0.15, -0.1) is 0 Å². The zero-order valence-corrected chi connectivity index (χ0v) is 11.8. The molecule has 1 amide bonds. The van der Waals surface area contributed by atoms with E-state index in [0.29, 0.717) is 12.3 Å². The summed E-state index contributed by atoms with van der Waals surface area (Å²) < 4.78 is 5.01. The van der Waals surface area contributed by atoms with Crippen LogP contribution in [0, 0.1) is 11.8 Å². The first-order valence-corrected chi connectivity index (χ1v) is 6.09. The Morgan fingerprint density at radius 2 is 1.89 bits per heavy atom. The minimum absolute atomic E-state index is 0.0233. The molecule has 0 saturated carbocycles. The lowest BCUT2D eigenvalue weighted by molar-refractivity contribution is -0.137. The van der Waals surface area contributed by atoms with E-state index < -0.39 is 17.7 Å². The molecular weight excluding hydrogens is 234 g/mol. The molecule has 1 N–H and O–H groups in total. The van der Waals surface area contributed by atoms with Gasteiger partial charge in [0.1, 0.15) is 5.60 Å². The number of carbonyl (C=O) groups is 2. The topological polar surface area (TPSA) is 76.0 Å². The molecule has 0 bridgehead atoms. The lowest BCUT2D eigenvalue weighted by Gasteiger charge is -2.17. The summed E-state index contributed by atoms with van der Waals surface area (Å²) in [7, 11) is 0. The highest BCUT2D eigenvalue weighted by atomic mass is 16.6. The van der Waals surface area contributed by atoms with Gasteiger partial charge in [0.25, 0.3) is 0 Å². The highest BCUT2D eigenvalue weighted by molar-refractivity contribution is 5.82. The molecule has 0 radical (unpaired) electrons. The van der Waals surface area contributed by atoms with E-state index in [-0.39, 0.29) is 12.3 Å². The summed E-state index contributed by atoms with van der Waals surface area (Å²) in [5, 5.41) is 8.77. The van der Waals surface area contributed by atoms with Crippen molar-refractivity contribution in [2.24, 2.45) is 16.8 Å². The van der Waals surface area contributed by atoms with E-state index in [2.05, 4.69) is 4.99 Å². The van der Waals surface area contributed by atoms with E-state index in [0.717, 1.165) is 0 Å². The molecule has 0 fully saturated rings. The van der Waals surface area contributed by atoms with Crippen LogP contribution in [-0.2, 0) is 9.53 Å². The molecule has 0 aromatic carbocycles. The first-order valence-electron chi connectivity index (χ1n) is 6.09. The van der Waals surface area contributed by atoms with Crippen LogP contribution in [0.15, 0.2) is 4.99 Å². The van der Waals surface area contributed by atoms with Crippen LogP contribution in [0.4, 0.5) is 4.79 Å². The smallest absolute Gasteiger partial charge is 0.433 e. The predicted octanol–water partition coefficient (Wildman–Crippen LogP) is 3.13. The highest BCUT2D eigenvalue weighted by Crippen LogP contribution is 2.14. The van der Waals surface area contributed by atoms with Gasteiger partial charge in [0.15, 0.2) is 0 Å². The summed E-state index contributed by atoms with van der Waals surface area (Å²) in [6, 6.07) is 0. The highest BCUT2D eigenvalue weighted by Gasteiger charge is 2.17. The number of ether oxygens (including phenoxy) is 1. The molecule has 0 rings (SSSR count). The third kappa shape index (κ3) is 9.81. The quantitative estimate of drug-likeness (QED) is 0.768. The SMILES string of the molecule is CC(C)CC(C=NC(=O)OC(C)(C)C)CC(=O)O. The summed E-state index contributed by atoms with van der Waals surface area (Å²) in [4.78, 5) is 25.7. The van der Waals surface area contributed by atoms with Crippen LogP contribution in [0.2, 0.25) is 0 Å². The first kappa shape index (κ1) is 16.6. The molecule has 104 valence electrons. The second kappa shape index (κ2) is 7.13. The summed E-state index contributed by atoms with van der Waals surface area (Å²) in [5.74, 6) is -0.786. The third-order valence-electron chi connectivity index (χ3n) is 2.00. The maximum atomic E-state index is 11.4. The minimum atomic E-state index is -0.892. The fourth-order valence-electron chi connectivity index (χ4n) is 1.48. The van der Waals surface area contributed by atoms with Gasteiger partial charge in [-0.3, -0.25) is 4.79 Å². The molecule has 0 aromatic rings. The van der Waals surface area contributed by atoms with Crippen LogP contribution in [0.1, 0.15) is 47.5 Å². The molecule has 5 nitrogen and oxygen atoms in total. The largest absolute Gasteiger partial charge is 0.481 e. The molecule has 0 aliphatic heterocycles. The molecule has 0 saturated heterocycles. The van der Waals surface area contributed by atoms with Crippen molar-refractivity contribution in [3.8, 4) is 0 Å². The lowest BCUT2D eigenvalue weighted by atomic mass is 9.95. The first-order chi connectivity index (χ1) is 8.10. The molecule has 0 aromatic heterocycles. The average Bonchev–Trinajstić information content (AvgIpc) is 2.09. The van der Waals surface area contributed by atoms with Gasteiger partial charge in [-0.2, -0.15) is 4.99 Å². The van der Waals surface area contributed by atoms with Gasteiger partial charge in [0.05, 0.1) is 6.42 Å². The maximum absolute atomic E-state index is 11.4. The Morgan fingerprint density at radius 1 is 1.33 bits per heavy atom. The molecular formula is C13H23NO4. The number of hydrogen-bond donors (Lipinski definition) is 1. The molecule has 1 unspecified atom stereocenters. The van der Waals surface area contributed by atoms with Gasteiger partial charge < -0.3 is 9.84 Å². The van der Waals surface area contributed by atoms with Crippen LogP contribution in [-0.4, -0.2) is 29.0 Å². The van der Waals surface area contributed by atoms with Crippen molar-refractivity contribution in [3.63, 3.8) is 0 Å². The Labute approximate surface area is 108 Å². The second-order valence-electron chi connectivity index (χ2n) is 5.75. The summed E-state index contributed by atoms with van der Waals surface area (Å²) in [6.45, 7) is 9.25. The molecule has 0 heterocycles. The van der Waals surface area contributed by atoms with Crippen molar-refractivity contribution in [3.05, 3.63) is 0 Å². The molecule has 0 spiro atoms. The Hall–Kier alpha value is -1.39. The minimum Gasteiger partial charge on any atom is -0.481 e. The molecule has 18 heavy (non-hydrogen) atoms. The van der Waals surface area contributed by atoms with Crippen LogP contribution in [0.25, 0.3) is 0 Å². The molecule has 5 heteroatoms. The number of aliphatic carboxylic acids is 1. The van der Waals surface area contributed by atoms with Crippen LogP contribution < -0.4 is 0 Å². The van der Waals surface area contributed by atoms with Crippen molar-refractivity contribution in [2.75, 3.05) is 0 Å². The number of carboxylic acids is 1. The molecule has 1 atom stereocenters. The van der Waals surface area contributed by atoms with Gasteiger partial charge >= 0.3 is 12.1 Å². The number of rotatable bonds is 5. The Balaban J connectivity index is 4.46. The fourth-order valence-corrected chi connectivity index (χ4v) is 1.48. The van der Waals surface area contributed by atoms with E-state index in [1.807, 2.05) is 13.8 Å². The molecule has 0 aliphatic carbocycles. The van der Waals surface area contributed by atoms with E-state index >= 15 is 0 Å². The van der Waals surface area contributed by atoms with Crippen molar-refractivity contribution >= 4 is 18.3 Å². The Morgan fingerprint density at radius 3 is 2.28 bits per heavy atom. The number of hydrogen-bond acceptors (Lipinski definition) is 3. The van der Waals surface area contributed by atoms with Gasteiger partial charge in [-0.05, 0) is 33.1 Å². The predicted molar refractivity (Wildman–Crippen MR) is 69.9 cm³/mol. The molecule has 0 aliphatic rings. The fraction of sp³-hybridized carbons (Fsp3) is 0.769. The standard InChI is InChI=1S/C13H23NO4/c1-9(2)6-10(7-11(15)16)8-14-12(17)18-13(3,4)5/h8-10H,6-7H2,1-5H3,(H,15,16). The van der Waals surface area contributed by atoms with Gasteiger partial charge in [0.2, 0.25) is 0 Å². The Bertz CT molecular complexity index is 315. The normalized spacial score (nSPS) is 13.9. The maximum Gasteiger partial charge on any atom is 0.433 e. The Kier molecular flexibility index (Phi) is 6.58. The second-order valence-corrected chi connectivity index (χ2v) is 5.75. The number of carbonyl (C=O) groups excluding carboxylic acids is 1. The zero-order chi connectivity index (χ0) is 14.3. The lowest BCUT2D eigenvalue weighted by Crippen LogP contribution is -2.22. The van der Waals surface area contributed by atoms with Gasteiger partial charge in [-0.25, -0.2) is 4.79 Å². The number of carboxylic acid groups (broad SMARTS) is 1. The van der Waals surface area contributed by atoms with Crippen LogP contribution >= 0.6 is 0 Å². The number of aliphatic imine (C=N–C) groups is 1. The average molecular weight is 257 g/mol. The third-order valence-corrected chi connectivity index (χ3v) is 2.00.